The van der Waals surface area contributed by atoms with E-state index in [9.17, 15) is 4.79 Å². The second kappa shape index (κ2) is 4.65. The molecule has 0 aliphatic rings. The summed E-state index contributed by atoms with van der Waals surface area (Å²) in [5, 5.41) is 2.63. The zero-order valence-corrected chi connectivity index (χ0v) is 5.11. The molecule has 0 aromatic carbocycles. The first-order valence-corrected chi connectivity index (χ1v) is 2.72. The molecule has 46 valence electrons. The maximum atomic E-state index is 10.2. The van der Waals surface area contributed by atoms with Gasteiger partial charge in [0.2, 0.25) is 7.85 Å². The molecule has 3 N–H and O–H groups in total. The van der Waals surface area contributed by atoms with Crippen LogP contribution in [0.1, 0.15) is 6.42 Å². The molecule has 0 spiro atoms. The Labute approximate surface area is 50.0 Å². The summed E-state index contributed by atoms with van der Waals surface area (Å²) in [5.41, 5.74) is 5.16. The summed E-state index contributed by atoms with van der Waals surface area (Å²) in [6.07, 6.45) is 0.861. The Morgan fingerprint density at radius 1 is 1.75 bits per heavy atom. The van der Waals surface area contributed by atoms with Gasteiger partial charge in [0.05, 0.1) is 0 Å². The molecule has 0 rings (SSSR count). The van der Waals surface area contributed by atoms with Crippen LogP contribution in [0.5, 0.6) is 0 Å². The molecule has 3 nitrogen and oxygen atoms in total. The summed E-state index contributed by atoms with van der Waals surface area (Å²) in [5.74, 6) is 0.0125. The minimum atomic E-state index is 0.0125. The second-order valence-corrected chi connectivity index (χ2v) is 1.63. The van der Waals surface area contributed by atoms with Crippen molar-refractivity contribution < 1.29 is 4.79 Å². The summed E-state index contributed by atoms with van der Waals surface area (Å²) < 4.78 is 0. The molecule has 0 saturated heterocycles. The molecule has 0 unspecified atom stereocenters. The van der Waals surface area contributed by atoms with Gasteiger partial charge in [0.15, 0.2) is 5.81 Å². The van der Waals surface area contributed by atoms with E-state index in [4.69, 9.17) is 5.73 Å². The molecule has 0 saturated carbocycles. The number of amides is 1. The third-order valence-corrected chi connectivity index (χ3v) is 0.755. The summed E-state index contributed by atoms with van der Waals surface area (Å²) in [4.78, 5) is 10.2. The zero-order chi connectivity index (χ0) is 6.41. The second-order valence-electron chi connectivity index (χ2n) is 1.63. The van der Waals surface area contributed by atoms with Crippen LogP contribution in [-0.4, -0.2) is 26.7 Å². The Bertz CT molecular complexity index is 76.4. The molecule has 0 aliphatic carbocycles. The highest BCUT2D eigenvalue weighted by molar-refractivity contribution is 6.57. The lowest BCUT2D eigenvalue weighted by atomic mass is 10.1. The molecule has 0 atom stereocenters. The van der Waals surface area contributed by atoms with Crippen molar-refractivity contribution in [3.63, 3.8) is 0 Å². The molecule has 0 heterocycles. The minimum Gasteiger partial charge on any atom is -0.365 e. The summed E-state index contributed by atoms with van der Waals surface area (Å²) >= 11 is 0. The third-order valence-electron chi connectivity index (χ3n) is 0.755. The third kappa shape index (κ3) is 5.49. The topological polar surface area (TPSA) is 55.1 Å². The molecule has 0 fully saturated rings. The van der Waals surface area contributed by atoms with Gasteiger partial charge >= 0.3 is 0 Å². The van der Waals surface area contributed by atoms with Crippen molar-refractivity contribution in [1.29, 1.82) is 0 Å². The predicted octanol–water partition coefficient (Wildman–Crippen LogP) is -1.32. The lowest BCUT2D eigenvalue weighted by Crippen LogP contribution is -2.24. The number of carbonyl (C=O) groups is 1. The quantitative estimate of drug-likeness (QED) is 0.353. The summed E-state index contributed by atoms with van der Waals surface area (Å²) in [6.45, 7) is 1.34. The Morgan fingerprint density at radius 3 is 2.75 bits per heavy atom. The van der Waals surface area contributed by atoms with E-state index in [2.05, 4.69) is 5.32 Å². The Balaban J connectivity index is 2.82. The Hall–Kier alpha value is -0.505. The van der Waals surface area contributed by atoms with Crippen LogP contribution in [0.3, 0.4) is 0 Å². The van der Waals surface area contributed by atoms with Gasteiger partial charge in [0, 0.05) is 6.54 Å². The maximum absolute atomic E-state index is 10.2. The van der Waals surface area contributed by atoms with Crippen molar-refractivity contribution in [3.05, 3.63) is 0 Å². The van der Waals surface area contributed by atoms with Crippen LogP contribution in [-0.2, 0) is 0 Å². The standard InChI is InChI=1S/C4H11BN2O/c5-4(8)7-3-1-2-6/h1-3,5-6H2,(H,7,8). The normalized spacial score (nSPS) is 8.62. The van der Waals surface area contributed by atoms with Gasteiger partial charge < -0.3 is 11.1 Å². The fourth-order valence-corrected chi connectivity index (χ4v) is 0.366. The SMILES string of the molecule is BC(=O)NCCCN. The zero-order valence-electron chi connectivity index (χ0n) is 5.11. The van der Waals surface area contributed by atoms with Crippen molar-refractivity contribution in [1.82, 2.24) is 5.32 Å². The number of hydrogen-bond donors (Lipinski definition) is 2. The van der Waals surface area contributed by atoms with Crippen LogP contribution >= 0.6 is 0 Å². The van der Waals surface area contributed by atoms with Crippen LogP contribution in [0.2, 0.25) is 0 Å². The van der Waals surface area contributed by atoms with E-state index < -0.39 is 0 Å². The van der Waals surface area contributed by atoms with Crippen molar-refractivity contribution in [3.8, 4) is 0 Å². The van der Waals surface area contributed by atoms with Gasteiger partial charge in [-0.3, -0.25) is 4.79 Å². The highest BCUT2D eigenvalue weighted by atomic mass is 16.1. The van der Waals surface area contributed by atoms with E-state index in [-0.39, 0.29) is 5.81 Å². The molecule has 0 aliphatic heterocycles. The number of rotatable bonds is 3. The Kier molecular flexibility index (Phi) is 4.36. The van der Waals surface area contributed by atoms with Crippen LogP contribution in [0.25, 0.3) is 0 Å². The predicted molar refractivity (Wildman–Crippen MR) is 35.6 cm³/mol. The highest BCUT2D eigenvalue weighted by Gasteiger charge is 1.86. The maximum Gasteiger partial charge on any atom is 0.215 e. The summed E-state index contributed by atoms with van der Waals surface area (Å²) in [6, 6.07) is 0. The molecule has 0 aromatic rings. The smallest absolute Gasteiger partial charge is 0.215 e. The van der Waals surface area contributed by atoms with Gasteiger partial charge in [0.25, 0.3) is 0 Å². The highest BCUT2D eigenvalue weighted by Crippen LogP contribution is 1.67. The number of nitrogens with two attached hydrogens (primary N) is 1. The van der Waals surface area contributed by atoms with Gasteiger partial charge in [-0.2, -0.15) is 0 Å². The van der Waals surface area contributed by atoms with Gasteiger partial charge in [-0.15, -0.1) is 0 Å². The van der Waals surface area contributed by atoms with Gasteiger partial charge in [0.1, 0.15) is 0 Å². The Morgan fingerprint density at radius 2 is 2.38 bits per heavy atom. The van der Waals surface area contributed by atoms with Crippen LogP contribution in [0.4, 0.5) is 4.79 Å². The number of hydrogen-bond acceptors (Lipinski definition) is 2. The first kappa shape index (κ1) is 7.49. The van der Waals surface area contributed by atoms with E-state index >= 15 is 0 Å². The molecular weight excluding hydrogens is 103 g/mol. The van der Waals surface area contributed by atoms with Crippen LogP contribution in [0, 0.1) is 0 Å². The largest absolute Gasteiger partial charge is 0.365 e. The van der Waals surface area contributed by atoms with Crippen molar-refractivity contribution in [2.24, 2.45) is 5.73 Å². The van der Waals surface area contributed by atoms with E-state index in [1.54, 1.807) is 0 Å². The number of carbonyl (C=O) groups excluding carboxylic acids is 1. The minimum absolute atomic E-state index is 0.0125. The monoisotopic (exact) mass is 114 g/mol. The molecular formula is C4H11BN2O. The molecule has 4 heteroatoms. The average Bonchev–Trinajstić information content (AvgIpc) is 1.66. The molecule has 8 heavy (non-hydrogen) atoms. The van der Waals surface area contributed by atoms with Gasteiger partial charge in [-0.05, 0) is 13.0 Å². The average molecular weight is 114 g/mol. The molecule has 0 bridgehead atoms. The van der Waals surface area contributed by atoms with Crippen molar-refractivity contribution in [2.45, 2.75) is 6.42 Å². The molecule has 1 amide bonds. The van der Waals surface area contributed by atoms with E-state index in [1.807, 2.05) is 0 Å². The summed E-state index contributed by atoms with van der Waals surface area (Å²) in [7, 11) is 1.50. The lowest BCUT2D eigenvalue weighted by molar-refractivity contribution is 0.259. The van der Waals surface area contributed by atoms with Crippen LogP contribution < -0.4 is 11.1 Å². The van der Waals surface area contributed by atoms with Crippen LogP contribution in [0.15, 0.2) is 0 Å². The van der Waals surface area contributed by atoms with E-state index in [0.717, 1.165) is 6.42 Å². The first-order chi connectivity index (χ1) is 3.77. The molecule has 0 radical (unpaired) electrons. The van der Waals surface area contributed by atoms with E-state index in [0.29, 0.717) is 13.1 Å². The van der Waals surface area contributed by atoms with E-state index in [1.165, 1.54) is 7.85 Å². The molecule has 0 aromatic heterocycles. The first-order valence-electron chi connectivity index (χ1n) is 2.72. The van der Waals surface area contributed by atoms with Gasteiger partial charge in [-0.1, -0.05) is 0 Å². The van der Waals surface area contributed by atoms with Gasteiger partial charge in [-0.25, -0.2) is 0 Å². The van der Waals surface area contributed by atoms with Crippen molar-refractivity contribution >= 4 is 13.7 Å². The fraction of sp³-hybridized carbons (Fsp3) is 0.750. The lowest BCUT2D eigenvalue weighted by Gasteiger charge is -1.96. The number of nitrogens with one attached hydrogen (secondary N) is 1. The van der Waals surface area contributed by atoms with Crippen molar-refractivity contribution in [2.75, 3.05) is 13.1 Å². The fourth-order valence-electron chi connectivity index (χ4n) is 0.366.